The fourth-order valence-electron chi connectivity index (χ4n) is 2.62. The highest BCUT2D eigenvalue weighted by Crippen LogP contribution is 2.16. The maximum Gasteiger partial charge on any atom is 0.291 e. The number of carbonyl (C=O) groups excluding carboxylic acids is 1. The smallest absolute Gasteiger partial charge is 0.291 e. The fraction of sp³-hybridized carbons (Fsp3) is 0.0556. The third kappa shape index (κ3) is 2.65. The van der Waals surface area contributed by atoms with Crippen LogP contribution in [0.3, 0.4) is 0 Å². The van der Waals surface area contributed by atoms with Gasteiger partial charge in [0.05, 0.1) is 11.2 Å². The summed E-state index contributed by atoms with van der Waals surface area (Å²) >= 11 is 0. The Hall–Kier alpha value is -3.41. The summed E-state index contributed by atoms with van der Waals surface area (Å²) in [6.45, 7) is 0.413. The Morgan fingerprint density at radius 2 is 1.96 bits per heavy atom. The van der Waals surface area contributed by atoms with Gasteiger partial charge < -0.3 is 10.3 Å². The maximum absolute atomic E-state index is 12.3. The number of hydrogen-bond donors (Lipinski definition) is 2. The first kappa shape index (κ1) is 14.2. The molecule has 24 heavy (non-hydrogen) atoms. The van der Waals surface area contributed by atoms with Crippen LogP contribution in [-0.2, 0) is 6.54 Å². The van der Waals surface area contributed by atoms with E-state index >= 15 is 0 Å². The van der Waals surface area contributed by atoms with Gasteiger partial charge in [0.15, 0.2) is 0 Å². The van der Waals surface area contributed by atoms with Crippen LogP contribution < -0.4 is 5.32 Å². The molecule has 2 heterocycles. The molecule has 0 saturated carbocycles. The molecule has 4 aromatic rings. The predicted molar refractivity (Wildman–Crippen MR) is 90.8 cm³/mol. The molecule has 2 aromatic heterocycles. The average molecular weight is 317 g/mol. The third-order valence-corrected chi connectivity index (χ3v) is 3.83. The lowest BCUT2D eigenvalue weighted by Crippen LogP contribution is -2.24. The van der Waals surface area contributed by atoms with Gasteiger partial charge in [0.1, 0.15) is 6.33 Å². The number of H-pyrrole nitrogens is 1. The number of benzene rings is 2. The Balaban J connectivity index is 1.49. The van der Waals surface area contributed by atoms with E-state index in [0.717, 1.165) is 22.2 Å². The molecule has 0 unspecified atom stereocenters. The van der Waals surface area contributed by atoms with E-state index in [-0.39, 0.29) is 11.7 Å². The van der Waals surface area contributed by atoms with Gasteiger partial charge in [-0.05, 0) is 29.1 Å². The van der Waals surface area contributed by atoms with E-state index in [4.69, 9.17) is 0 Å². The van der Waals surface area contributed by atoms with Gasteiger partial charge in [0, 0.05) is 12.7 Å². The molecule has 0 aliphatic carbocycles. The van der Waals surface area contributed by atoms with E-state index in [2.05, 4.69) is 20.4 Å². The molecule has 6 heteroatoms. The van der Waals surface area contributed by atoms with Crippen molar-refractivity contribution in [3.8, 4) is 5.69 Å². The molecule has 0 aliphatic heterocycles. The minimum Gasteiger partial charge on any atom is -0.361 e. The Bertz CT molecular complexity index is 987. The van der Waals surface area contributed by atoms with Gasteiger partial charge in [-0.2, -0.15) is 0 Å². The van der Waals surface area contributed by atoms with E-state index in [9.17, 15) is 4.79 Å². The summed E-state index contributed by atoms with van der Waals surface area (Å²) in [6, 6.07) is 17.5. The Kier molecular flexibility index (Phi) is 3.55. The molecule has 0 atom stereocenters. The molecule has 4 rings (SSSR count). The first-order chi connectivity index (χ1) is 11.8. The normalized spacial score (nSPS) is 10.8. The zero-order valence-corrected chi connectivity index (χ0v) is 12.8. The molecular formula is C18H15N5O. The summed E-state index contributed by atoms with van der Waals surface area (Å²) in [4.78, 5) is 19.6. The number of hydrogen-bond acceptors (Lipinski definition) is 3. The fourth-order valence-corrected chi connectivity index (χ4v) is 2.62. The van der Waals surface area contributed by atoms with Crippen molar-refractivity contribution in [1.82, 2.24) is 25.1 Å². The number of amides is 1. The summed E-state index contributed by atoms with van der Waals surface area (Å²) < 4.78 is 1.58. The zero-order valence-electron chi connectivity index (χ0n) is 12.8. The van der Waals surface area contributed by atoms with E-state index in [1.54, 1.807) is 4.68 Å². The van der Waals surface area contributed by atoms with Crippen LogP contribution in [0.1, 0.15) is 16.2 Å². The van der Waals surface area contributed by atoms with E-state index in [1.807, 2.05) is 60.8 Å². The highest BCUT2D eigenvalue weighted by atomic mass is 16.2. The van der Waals surface area contributed by atoms with Crippen LogP contribution in [0.15, 0.2) is 67.1 Å². The van der Waals surface area contributed by atoms with Crippen LogP contribution in [0, 0.1) is 0 Å². The predicted octanol–water partition coefficient (Wildman–Crippen LogP) is 2.68. The first-order valence-corrected chi connectivity index (χ1v) is 7.61. The second-order valence-electron chi connectivity index (χ2n) is 5.39. The van der Waals surface area contributed by atoms with Crippen molar-refractivity contribution in [2.24, 2.45) is 0 Å². The largest absolute Gasteiger partial charge is 0.361 e. The Morgan fingerprint density at radius 1 is 1.08 bits per heavy atom. The van der Waals surface area contributed by atoms with Crippen LogP contribution in [0.5, 0.6) is 0 Å². The number of para-hydroxylation sites is 2. The molecule has 0 radical (unpaired) electrons. The van der Waals surface area contributed by atoms with Gasteiger partial charge in [-0.1, -0.05) is 36.4 Å². The molecule has 0 bridgehead atoms. The number of aromatic nitrogens is 4. The number of nitrogens with zero attached hydrogens (tertiary/aromatic N) is 3. The molecule has 0 fully saturated rings. The van der Waals surface area contributed by atoms with Crippen LogP contribution >= 0.6 is 0 Å². The zero-order chi connectivity index (χ0) is 16.4. The summed E-state index contributed by atoms with van der Waals surface area (Å²) in [6.07, 6.45) is 3.43. The molecule has 0 aliphatic rings. The van der Waals surface area contributed by atoms with Crippen LogP contribution in [-0.4, -0.2) is 25.7 Å². The number of fused-ring (bicyclic) bond motifs is 1. The monoisotopic (exact) mass is 317 g/mol. The van der Waals surface area contributed by atoms with Crippen LogP contribution in [0.4, 0.5) is 0 Å². The average Bonchev–Trinajstić information content (AvgIpc) is 3.30. The molecule has 6 nitrogen and oxygen atoms in total. The summed E-state index contributed by atoms with van der Waals surface area (Å²) in [5, 5.41) is 8.21. The molecule has 0 spiro atoms. The van der Waals surface area contributed by atoms with Crippen molar-refractivity contribution in [1.29, 1.82) is 0 Å². The van der Waals surface area contributed by atoms with Crippen molar-refractivity contribution in [3.05, 3.63) is 78.5 Å². The highest BCUT2D eigenvalue weighted by molar-refractivity contribution is 5.90. The molecule has 2 N–H and O–H groups in total. The Morgan fingerprint density at radius 3 is 2.83 bits per heavy atom. The standard InChI is InChI=1S/C18H15N5O/c24-18(17-21-12-23(22-17)15-7-2-1-3-8-15)20-11-14-6-4-5-13-9-10-19-16(13)14/h1-10,12,19H,11H2,(H,20,24). The van der Waals surface area contributed by atoms with Crippen molar-refractivity contribution in [2.45, 2.75) is 6.54 Å². The van der Waals surface area contributed by atoms with E-state index < -0.39 is 0 Å². The number of carbonyl (C=O) groups is 1. The lowest BCUT2D eigenvalue weighted by atomic mass is 10.1. The van der Waals surface area contributed by atoms with Gasteiger partial charge in [-0.15, -0.1) is 5.10 Å². The van der Waals surface area contributed by atoms with E-state index in [1.165, 1.54) is 6.33 Å². The molecule has 1 amide bonds. The number of rotatable bonds is 4. The van der Waals surface area contributed by atoms with Gasteiger partial charge in [0.2, 0.25) is 5.82 Å². The second kappa shape index (κ2) is 6.00. The van der Waals surface area contributed by atoms with Crippen molar-refractivity contribution in [2.75, 3.05) is 0 Å². The number of aromatic amines is 1. The minimum absolute atomic E-state index is 0.150. The SMILES string of the molecule is O=C(NCc1cccc2cc[nH]c12)c1ncn(-c2ccccc2)n1. The van der Waals surface area contributed by atoms with Crippen molar-refractivity contribution >= 4 is 16.8 Å². The van der Waals surface area contributed by atoms with Gasteiger partial charge >= 0.3 is 0 Å². The van der Waals surface area contributed by atoms with Gasteiger partial charge in [0.25, 0.3) is 5.91 Å². The maximum atomic E-state index is 12.3. The summed E-state index contributed by atoms with van der Waals surface area (Å²) in [5.74, 6) is -0.147. The topological polar surface area (TPSA) is 75.6 Å². The molecule has 0 saturated heterocycles. The summed E-state index contributed by atoms with van der Waals surface area (Å²) in [5.41, 5.74) is 2.91. The van der Waals surface area contributed by atoms with Crippen molar-refractivity contribution in [3.63, 3.8) is 0 Å². The quantitative estimate of drug-likeness (QED) is 0.607. The highest BCUT2D eigenvalue weighted by Gasteiger charge is 2.12. The van der Waals surface area contributed by atoms with E-state index in [0.29, 0.717) is 6.54 Å². The van der Waals surface area contributed by atoms with Gasteiger partial charge in [-0.3, -0.25) is 4.79 Å². The lowest BCUT2D eigenvalue weighted by Gasteiger charge is -2.04. The second-order valence-corrected chi connectivity index (χ2v) is 5.39. The first-order valence-electron chi connectivity index (χ1n) is 7.61. The minimum atomic E-state index is -0.298. The van der Waals surface area contributed by atoms with Crippen molar-refractivity contribution < 1.29 is 4.79 Å². The number of nitrogens with one attached hydrogen (secondary N) is 2. The Labute approximate surface area is 138 Å². The molecular weight excluding hydrogens is 302 g/mol. The van der Waals surface area contributed by atoms with Crippen LogP contribution in [0.2, 0.25) is 0 Å². The molecule has 2 aromatic carbocycles. The molecule has 118 valence electrons. The summed E-state index contributed by atoms with van der Waals surface area (Å²) in [7, 11) is 0. The van der Waals surface area contributed by atoms with Crippen LogP contribution in [0.25, 0.3) is 16.6 Å². The van der Waals surface area contributed by atoms with Gasteiger partial charge in [-0.25, -0.2) is 9.67 Å². The third-order valence-electron chi connectivity index (χ3n) is 3.83. The lowest BCUT2D eigenvalue weighted by molar-refractivity contribution is 0.0940.